The molecule has 0 atom stereocenters. The maximum atomic E-state index is 6.15. The van der Waals surface area contributed by atoms with Gasteiger partial charge in [-0.3, -0.25) is 4.98 Å². The van der Waals surface area contributed by atoms with Crippen LogP contribution >= 0.6 is 11.6 Å². The molecule has 3 nitrogen and oxygen atoms in total. The van der Waals surface area contributed by atoms with Crippen molar-refractivity contribution in [3.8, 4) is 0 Å². The minimum Gasteiger partial charge on any atom is -0.400 e. The van der Waals surface area contributed by atoms with Crippen molar-refractivity contribution in [3.63, 3.8) is 0 Å². The summed E-state index contributed by atoms with van der Waals surface area (Å²) in [7, 11) is -0.360. The van der Waals surface area contributed by atoms with Crippen molar-refractivity contribution >= 4 is 24.8 Å². The molecule has 19 heavy (non-hydrogen) atoms. The molecule has 0 N–H and O–H groups in total. The lowest BCUT2D eigenvalue weighted by atomic mass is 9.89. The van der Waals surface area contributed by atoms with Crippen molar-refractivity contribution in [1.82, 2.24) is 4.98 Å². The third-order valence-electron chi connectivity index (χ3n) is 3.83. The average Bonchev–Trinajstić information content (AvgIpc) is 2.46. The Morgan fingerprint density at radius 1 is 1.21 bits per heavy atom. The van der Waals surface area contributed by atoms with Crippen molar-refractivity contribution in [2.75, 3.05) is 0 Å². The van der Waals surface area contributed by atoms with Crippen LogP contribution in [0.15, 0.2) is 18.2 Å². The van der Waals surface area contributed by atoms with Gasteiger partial charge in [-0.1, -0.05) is 23.7 Å². The highest BCUT2D eigenvalue weighted by Gasteiger charge is 2.50. The smallest absolute Gasteiger partial charge is 0.400 e. The van der Waals surface area contributed by atoms with E-state index in [1.807, 2.05) is 46.7 Å². The predicted molar refractivity (Wildman–Crippen MR) is 79.1 cm³/mol. The Kier molecular flexibility index (Phi) is 3.78. The number of rotatable bonds is 2. The van der Waals surface area contributed by atoms with Gasteiger partial charge in [-0.05, 0) is 40.7 Å². The minimum absolute atomic E-state index is 0.324. The first-order valence-corrected chi connectivity index (χ1v) is 6.76. The molecule has 0 bridgehead atoms. The van der Waals surface area contributed by atoms with Crippen molar-refractivity contribution < 1.29 is 9.31 Å². The SMILES string of the molecule is Cc1nccc(Cl)c1/C=C/B1OC(C)(C)C(C)(C)O1. The summed E-state index contributed by atoms with van der Waals surface area (Å²) in [5.41, 5.74) is 1.14. The van der Waals surface area contributed by atoms with Gasteiger partial charge in [0.1, 0.15) is 0 Å². The Morgan fingerprint density at radius 2 is 1.79 bits per heavy atom. The second-order valence-electron chi connectivity index (χ2n) is 5.78. The van der Waals surface area contributed by atoms with Gasteiger partial charge in [-0.15, -0.1) is 0 Å². The van der Waals surface area contributed by atoms with E-state index in [9.17, 15) is 0 Å². The summed E-state index contributed by atoms with van der Waals surface area (Å²) in [5, 5.41) is 0.681. The lowest BCUT2D eigenvalue weighted by Crippen LogP contribution is -2.41. The van der Waals surface area contributed by atoms with E-state index in [0.29, 0.717) is 5.02 Å². The van der Waals surface area contributed by atoms with Gasteiger partial charge in [0.2, 0.25) is 0 Å². The number of pyridine rings is 1. The van der Waals surface area contributed by atoms with E-state index >= 15 is 0 Å². The first-order valence-electron chi connectivity index (χ1n) is 6.38. The number of aromatic nitrogens is 1. The molecule has 2 heterocycles. The lowest BCUT2D eigenvalue weighted by Gasteiger charge is -2.32. The van der Waals surface area contributed by atoms with Crippen LogP contribution in [0.3, 0.4) is 0 Å². The van der Waals surface area contributed by atoms with Gasteiger partial charge in [0, 0.05) is 17.5 Å². The minimum atomic E-state index is -0.360. The second-order valence-corrected chi connectivity index (χ2v) is 6.18. The summed E-state index contributed by atoms with van der Waals surface area (Å²) in [6.07, 6.45) is 3.61. The highest BCUT2D eigenvalue weighted by atomic mass is 35.5. The molecule has 1 saturated heterocycles. The van der Waals surface area contributed by atoms with Crippen LogP contribution in [-0.4, -0.2) is 23.3 Å². The summed E-state index contributed by atoms with van der Waals surface area (Å²) < 4.78 is 11.8. The third kappa shape index (κ3) is 2.86. The molecule has 0 aliphatic carbocycles. The maximum Gasteiger partial charge on any atom is 0.487 e. The van der Waals surface area contributed by atoms with E-state index in [-0.39, 0.29) is 18.3 Å². The van der Waals surface area contributed by atoms with Crippen molar-refractivity contribution in [2.24, 2.45) is 0 Å². The van der Waals surface area contributed by atoms with Crippen LogP contribution in [0.5, 0.6) is 0 Å². The quantitative estimate of drug-likeness (QED) is 0.774. The molecule has 1 fully saturated rings. The fourth-order valence-electron chi connectivity index (χ4n) is 1.89. The van der Waals surface area contributed by atoms with Gasteiger partial charge in [-0.25, -0.2) is 0 Å². The lowest BCUT2D eigenvalue weighted by molar-refractivity contribution is 0.00578. The standard InChI is InChI=1S/C14H19BClNO2/c1-10-11(12(16)7-9-17-10)6-8-15-18-13(2,3)14(4,5)19-15/h6-9H,1-5H3/b8-6+. The Labute approximate surface area is 120 Å². The van der Waals surface area contributed by atoms with Crippen LogP contribution in [0.1, 0.15) is 39.0 Å². The molecule has 0 spiro atoms. The van der Waals surface area contributed by atoms with E-state index in [4.69, 9.17) is 20.9 Å². The molecule has 1 aliphatic heterocycles. The molecule has 0 aromatic carbocycles. The van der Waals surface area contributed by atoms with Crippen molar-refractivity contribution in [3.05, 3.63) is 34.5 Å². The summed E-state index contributed by atoms with van der Waals surface area (Å²) in [4.78, 5) is 4.23. The van der Waals surface area contributed by atoms with Gasteiger partial charge in [0.15, 0.2) is 0 Å². The normalized spacial score (nSPS) is 21.3. The zero-order chi connectivity index (χ0) is 14.3. The topological polar surface area (TPSA) is 31.4 Å². The Hall–Kier alpha value is -0.835. The average molecular weight is 280 g/mol. The fraction of sp³-hybridized carbons (Fsp3) is 0.500. The van der Waals surface area contributed by atoms with Crippen LogP contribution in [0.25, 0.3) is 6.08 Å². The molecule has 0 unspecified atom stereocenters. The zero-order valence-corrected chi connectivity index (χ0v) is 12.8. The summed E-state index contributed by atoms with van der Waals surface area (Å²) in [6.45, 7) is 10.0. The summed E-state index contributed by atoms with van der Waals surface area (Å²) in [5.74, 6) is 1.88. The van der Waals surface area contributed by atoms with Crippen LogP contribution in [0.4, 0.5) is 0 Å². The van der Waals surface area contributed by atoms with E-state index in [0.717, 1.165) is 11.3 Å². The van der Waals surface area contributed by atoms with Crippen LogP contribution < -0.4 is 0 Å². The van der Waals surface area contributed by atoms with Gasteiger partial charge < -0.3 is 9.31 Å². The van der Waals surface area contributed by atoms with Gasteiger partial charge in [-0.2, -0.15) is 0 Å². The Bertz CT molecular complexity index is 478. The van der Waals surface area contributed by atoms with Crippen LogP contribution in [0.2, 0.25) is 5.02 Å². The number of hydrogen-bond acceptors (Lipinski definition) is 3. The number of aryl methyl sites for hydroxylation is 1. The molecule has 1 aromatic heterocycles. The molecular weight excluding hydrogens is 260 g/mol. The molecular formula is C14H19BClNO2. The van der Waals surface area contributed by atoms with E-state index < -0.39 is 0 Å². The van der Waals surface area contributed by atoms with Crippen LogP contribution in [-0.2, 0) is 9.31 Å². The summed E-state index contributed by atoms with van der Waals surface area (Å²) in [6, 6.07) is 1.78. The van der Waals surface area contributed by atoms with Crippen molar-refractivity contribution in [2.45, 2.75) is 45.8 Å². The Balaban J connectivity index is 2.18. The van der Waals surface area contributed by atoms with Crippen LogP contribution in [0, 0.1) is 6.92 Å². The van der Waals surface area contributed by atoms with E-state index in [1.54, 1.807) is 12.3 Å². The predicted octanol–water partition coefficient (Wildman–Crippen LogP) is 3.69. The Morgan fingerprint density at radius 3 is 2.32 bits per heavy atom. The number of hydrogen-bond donors (Lipinski definition) is 0. The monoisotopic (exact) mass is 279 g/mol. The molecule has 0 radical (unpaired) electrons. The highest BCUT2D eigenvalue weighted by molar-refractivity contribution is 6.52. The van der Waals surface area contributed by atoms with Gasteiger partial charge in [0.25, 0.3) is 0 Å². The highest BCUT2D eigenvalue weighted by Crippen LogP contribution is 2.37. The van der Waals surface area contributed by atoms with Gasteiger partial charge >= 0.3 is 7.12 Å². The van der Waals surface area contributed by atoms with E-state index in [2.05, 4.69) is 4.98 Å². The first-order chi connectivity index (χ1) is 8.73. The van der Waals surface area contributed by atoms with E-state index in [1.165, 1.54) is 0 Å². The number of nitrogens with zero attached hydrogens (tertiary/aromatic N) is 1. The molecule has 1 aliphatic rings. The molecule has 1 aromatic rings. The number of halogens is 1. The fourth-order valence-corrected chi connectivity index (χ4v) is 2.14. The molecule has 5 heteroatoms. The first kappa shape index (κ1) is 14.6. The largest absolute Gasteiger partial charge is 0.487 e. The second kappa shape index (κ2) is 4.93. The molecule has 0 amide bonds. The van der Waals surface area contributed by atoms with Crippen molar-refractivity contribution in [1.29, 1.82) is 0 Å². The third-order valence-corrected chi connectivity index (χ3v) is 4.16. The molecule has 102 valence electrons. The zero-order valence-electron chi connectivity index (χ0n) is 12.0. The maximum absolute atomic E-state index is 6.15. The van der Waals surface area contributed by atoms with Gasteiger partial charge in [0.05, 0.1) is 16.2 Å². The molecule has 0 saturated carbocycles. The molecule has 2 rings (SSSR count). The summed E-state index contributed by atoms with van der Waals surface area (Å²) >= 11 is 6.15.